The highest BCUT2D eigenvalue weighted by molar-refractivity contribution is 5.79. The Hall–Kier alpha value is -1.91. The molecule has 22 heavy (non-hydrogen) atoms. The number of aliphatic imine (C=N–C) groups is 1. The normalized spacial score (nSPS) is 11.2. The van der Waals surface area contributed by atoms with E-state index in [2.05, 4.69) is 36.4 Å². The second-order valence-electron chi connectivity index (χ2n) is 4.96. The molecule has 5 nitrogen and oxygen atoms in total. The Morgan fingerprint density at radius 3 is 2.55 bits per heavy atom. The van der Waals surface area contributed by atoms with Gasteiger partial charge in [-0.3, -0.25) is 0 Å². The summed E-state index contributed by atoms with van der Waals surface area (Å²) in [6.07, 6.45) is 2.05. The van der Waals surface area contributed by atoms with Gasteiger partial charge in [0.2, 0.25) is 0 Å². The molecule has 0 aromatic heterocycles. The lowest BCUT2D eigenvalue weighted by Gasteiger charge is -2.12. The average Bonchev–Trinajstić information content (AvgIpc) is 2.55. The molecule has 0 aliphatic heterocycles. The molecule has 5 heteroatoms. The Balaban J connectivity index is 2.74. The first-order valence-corrected chi connectivity index (χ1v) is 8.07. The van der Waals surface area contributed by atoms with Crippen molar-refractivity contribution < 1.29 is 9.47 Å². The van der Waals surface area contributed by atoms with E-state index in [1.807, 2.05) is 18.2 Å². The maximum atomic E-state index is 5.66. The maximum absolute atomic E-state index is 5.66. The van der Waals surface area contributed by atoms with Crippen molar-refractivity contribution in [3.63, 3.8) is 0 Å². The van der Waals surface area contributed by atoms with Crippen molar-refractivity contribution in [1.82, 2.24) is 10.6 Å². The average molecular weight is 307 g/mol. The molecule has 0 unspecified atom stereocenters. The molecular formula is C17H29N3O2. The first-order chi connectivity index (χ1) is 10.7. The van der Waals surface area contributed by atoms with E-state index in [4.69, 9.17) is 9.47 Å². The third-order valence-electron chi connectivity index (χ3n) is 3.00. The van der Waals surface area contributed by atoms with Crippen LogP contribution in [0.1, 0.15) is 39.2 Å². The number of nitrogens with zero attached hydrogens (tertiary/aromatic N) is 1. The van der Waals surface area contributed by atoms with Crippen LogP contribution in [0.15, 0.2) is 23.2 Å². The fourth-order valence-electron chi connectivity index (χ4n) is 1.90. The predicted octanol–water partition coefficient (Wildman–Crippen LogP) is 2.95. The van der Waals surface area contributed by atoms with E-state index < -0.39 is 0 Å². The van der Waals surface area contributed by atoms with Gasteiger partial charge in [-0.2, -0.15) is 0 Å². The van der Waals surface area contributed by atoms with Gasteiger partial charge in [0.25, 0.3) is 0 Å². The van der Waals surface area contributed by atoms with Gasteiger partial charge in [-0.25, -0.2) is 4.99 Å². The molecule has 0 saturated heterocycles. The minimum Gasteiger partial charge on any atom is -0.493 e. The number of hydrogen-bond acceptors (Lipinski definition) is 3. The van der Waals surface area contributed by atoms with Gasteiger partial charge in [0, 0.05) is 13.1 Å². The first-order valence-electron chi connectivity index (χ1n) is 8.07. The highest BCUT2D eigenvalue weighted by atomic mass is 16.5. The molecular weight excluding hydrogens is 278 g/mol. The number of ether oxygens (including phenoxy) is 2. The van der Waals surface area contributed by atoms with Crippen molar-refractivity contribution in [2.75, 3.05) is 26.8 Å². The molecule has 1 aromatic carbocycles. The van der Waals surface area contributed by atoms with E-state index in [0.29, 0.717) is 13.2 Å². The van der Waals surface area contributed by atoms with Gasteiger partial charge in [-0.05, 0) is 37.5 Å². The molecule has 0 heterocycles. The molecule has 124 valence electrons. The molecule has 0 spiro atoms. The summed E-state index contributed by atoms with van der Waals surface area (Å²) in [5.74, 6) is 2.38. The summed E-state index contributed by atoms with van der Waals surface area (Å²) >= 11 is 0. The molecule has 0 saturated carbocycles. The summed E-state index contributed by atoms with van der Waals surface area (Å²) in [7, 11) is 1.66. The fourth-order valence-corrected chi connectivity index (χ4v) is 1.90. The second kappa shape index (κ2) is 10.8. The van der Waals surface area contributed by atoms with Crippen molar-refractivity contribution in [2.45, 2.75) is 40.2 Å². The zero-order valence-electron chi connectivity index (χ0n) is 14.2. The highest BCUT2D eigenvalue weighted by Gasteiger charge is 2.05. The number of methoxy groups -OCH3 is 1. The molecule has 0 amide bonds. The Bertz CT molecular complexity index is 461. The largest absolute Gasteiger partial charge is 0.493 e. The standard InChI is InChI=1S/C17H29N3O2/c1-5-10-19-17(18-7-3)20-13-14-8-9-15(22-11-6-2)16(12-14)21-4/h8-9,12H,5-7,10-11,13H2,1-4H3,(H2,18,19,20). The van der Waals surface area contributed by atoms with Crippen LogP contribution in [0.25, 0.3) is 0 Å². The van der Waals surface area contributed by atoms with Crippen LogP contribution in [-0.2, 0) is 6.54 Å². The molecule has 0 fully saturated rings. The Morgan fingerprint density at radius 2 is 1.91 bits per heavy atom. The van der Waals surface area contributed by atoms with E-state index in [0.717, 1.165) is 49.0 Å². The van der Waals surface area contributed by atoms with E-state index in [9.17, 15) is 0 Å². The van der Waals surface area contributed by atoms with Crippen LogP contribution in [-0.4, -0.2) is 32.8 Å². The molecule has 0 aliphatic carbocycles. The third kappa shape index (κ3) is 6.24. The fraction of sp³-hybridized carbons (Fsp3) is 0.588. The second-order valence-corrected chi connectivity index (χ2v) is 4.96. The lowest BCUT2D eigenvalue weighted by atomic mass is 10.2. The van der Waals surface area contributed by atoms with Crippen LogP contribution >= 0.6 is 0 Å². The van der Waals surface area contributed by atoms with Gasteiger partial charge in [0.15, 0.2) is 17.5 Å². The first kappa shape index (κ1) is 18.1. The predicted molar refractivity (Wildman–Crippen MR) is 91.9 cm³/mol. The van der Waals surface area contributed by atoms with Crippen LogP contribution in [0.3, 0.4) is 0 Å². The van der Waals surface area contributed by atoms with Crippen LogP contribution in [0.5, 0.6) is 11.5 Å². The van der Waals surface area contributed by atoms with Crippen LogP contribution in [0, 0.1) is 0 Å². The number of rotatable bonds is 9. The van der Waals surface area contributed by atoms with Crippen molar-refractivity contribution in [3.8, 4) is 11.5 Å². The monoisotopic (exact) mass is 307 g/mol. The molecule has 0 radical (unpaired) electrons. The topological polar surface area (TPSA) is 54.9 Å². The zero-order chi connectivity index (χ0) is 16.2. The summed E-state index contributed by atoms with van der Waals surface area (Å²) in [5.41, 5.74) is 1.09. The van der Waals surface area contributed by atoms with E-state index in [1.54, 1.807) is 7.11 Å². The van der Waals surface area contributed by atoms with Crippen molar-refractivity contribution in [1.29, 1.82) is 0 Å². The lowest BCUT2D eigenvalue weighted by molar-refractivity contribution is 0.294. The van der Waals surface area contributed by atoms with E-state index >= 15 is 0 Å². The molecule has 0 bridgehead atoms. The maximum Gasteiger partial charge on any atom is 0.191 e. The van der Waals surface area contributed by atoms with Crippen LogP contribution in [0.2, 0.25) is 0 Å². The zero-order valence-corrected chi connectivity index (χ0v) is 14.2. The highest BCUT2D eigenvalue weighted by Crippen LogP contribution is 2.28. The summed E-state index contributed by atoms with van der Waals surface area (Å²) in [4.78, 5) is 4.59. The smallest absolute Gasteiger partial charge is 0.191 e. The van der Waals surface area contributed by atoms with Gasteiger partial charge < -0.3 is 20.1 Å². The summed E-state index contributed by atoms with van der Waals surface area (Å²) in [6, 6.07) is 5.96. The minimum atomic E-state index is 0.601. The molecule has 1 aromatic rings. The summed E-state index contributed by atoms with van der Waals surface area (Å²) in [6.45, 7) is 9.34. The van der Waals surface area contributed by atoms with E-state index in [-0.39, 0.29) is 0 Å². The van der Waals surface area contributed by atoms with Gasteiger partial charge in [0.05, 0.1) is 20.3 Å². The number of guanidine groups is 1. The Morgan fingerprint density at radius 1 is 1.09 bits per heavy atom. The number of benzene rings is 1. The third-order valence-corrected chi connectivity index (χ3v) is 3.00. The minimum absolute atomic E-state index is 0.601. The van der Waals surface area contributed by atoms with Crippen molar-refractivity contribution in [3.05, 3.63) is 23.8 Å². The Kier molecular flexibility index (Phi) is 8.88. The number of nitrogens with one attached hydrogen (secondary N) is 2. The lowest BCUT2D eigenvalue weighted by Crippen LogP contribution is -2.37. The van der Waals surface area contributed by atoms with Crippen molar-refractivity contribution >= 4 is 5.96 Å². The SMILES string of the molecule is CCCNC(=NCc1ccc(OCCC)c(OC)c1)NCC. The summed E-state index contributed by atoms with van der Waals surface area (Å²) < 4.78 is 11.1. The quantitative estimate of drug-likeness (QED) is 0.544. The van der Waals surface area contributed by atoms with Gasteiger partial charge >= 0.3 is 0 Å². The van der Waals surface area contributed by atoms with Gasteiger partial charge in [-0.15, -0.1) is 0 Å². The molecule has 1 rings (SSSR count). The molecule has 0 atom stereocenters. The van der Waals surface area contributed by atoms with Crippen LogP contribution in [0.4, 0.5) is 0 Å². The van der Waals surface area contributed by atoms with E-state index in [1.165, 1.54) is 0 Å². The molecule has 0 aliphatic rings. The Labute approximate surface area is 134 Å². The van der Waals surface area contributed by atoms with Crippen LogP contribution < -0.4 is 20.1 Å². The summed E-state index contributed by atoms with van der Waals surface area (Å²) in [5, 5.41) is 6.53. The number of hydrogen-bond donors (Lipinski definition) is 2. The van der Waals surface area contributed by atoms with Crippen molar-refractivity contribution in [2.24, 2.45) is 4.99 Å². The van der Waals surface area contributed by atoms with Gasteiger partial charge in [-0.1, -0.05) is 19.9 Å². The molecule has 2 N–H and O–H groups in total. The van der Waals surface area contributed by atoms with Gasteiger partial charge in [0.1, 0.15) is 0 Å².